The topological polar surface area (TPSA) is 89.2 Å². The number of nitrogens with one attached hydrogen (secondary N) is 1. The van der Waals surface area contributed by atoms with E-state index in [4.69, 9.17) is 4.98 Å². The number of nitrogens with zero attached hydrogens (tertiary/aromatic N) is 4. The van der Waals surface area contributed by atoms with E-state index in [1.807, 2.05) is 43.3 Å². The smallest absolute Gasteiger partial charge is 0.229 e. The Morgan fingerprint density at radius 2 is 1.81 bits per heavy atom. The largest absolute Gasteiger partial charge is 0.366 e. The van der Waals surface area contributed by atoms with Gasteiger partial charge in [0.2, 0.25) is 14.9 Å². The van der Waals surface area contributed by atoms with Gasteiger partial charge in [0.1, 0.15) is 5.82 Å². The molecule has 2 aromatic heterocycles. The minimum absolute atomic E-state index is 0.118. The van der Waals surface area contributed by atoms with Crippen molar-refractivity contribution in [3.8, 4) is 0 Å². The third-order valence-electron chi connectivity index (χ3n) is 6.55. The van der Waals surface area contributed by atoms with Crippen LogP contribution >= 0.6 is 0 Å². The Balaban J connectivity index is 1.66. The molecule has 4 aromatic rings. The number of aryl methyl sites for hydroxylation is 1. The molecule has 0 radical (unpaired) electrons. The van der Waals surface area contributed by atoms with Crippen LogP contribution in [0.15, 0.2) is 58.5 Å². The van der Waals surface area contributed by atoms with Crippen molar-refractivity contribution in [2.24, 2.45) is 5.92 Å². The van der Waals surface area contributed by atoms with Gasteiger partial charge in [-0.1, -0.05) is 56.2 Å². The first-order valence-electron chi connectivity index (χ1n) is 11.2. The Morgan fingerprint density at radius 1 is 1.06 bits per heavy atom. The summed E-state index contributed by atoms with van der Waals surface area (Å²) in [6, 6.07) is 15.0. The normalized spacial score (nSPS) is 19.4. The molecule has 0 saturated heterocycles. The molecule has 1 aliphatic rings. The van der Waals surface area contributed by atoms with Crippen LogP contribution in [-0.4, -0.2) is 34.3 Å². The van der Waals surface area contributed by atoms with Gasteiger partial charge in [0.25, 0.3) is 0 Å². The lowest BCUT2D eigenvalue weighted by molar-refractivity contribution is 0.349. The highest BCUT2D eigenvalue weighted by Crippen LogP contribution is 2.31. The molecule has 5 rings (SSSR count). The summed E-state index contributed by atoms with van der Waals surface area (Å²) in [5.41, 5.74) is 2.10. The van der Waals surface area contributed by atoms with Crippen molar-refractivity contribution in [1.29, 1.82) is 0 Å². The van der Waals surface area contributed by atoms with E-state index in [9.17, 15) is 8.42 Å². The highest BCUT2D eigenvalue weighted by Gasteiger charge is 2.28. The van der Waals surface area contributed by atoms with Gasteiger partial charge in [0.15, 0.2) is 5.65 Å². The zero-order valence-electron chi connectivity index (χ0n) is 18.3. The molecule has 2 atom stereocenters. The third kappa shape index (κ3) is 3.52. The lowest BCUT2D eigenvalue weighted by Crippen LogP contribution is -2.30. The molecule has 8 heteroatoms. The predicted molar refractivity (Wildman–Crippen MR) is 125 cm³/mol. The summed E-state index contributed by atoms with van der Waals surface area (Å²) in [6.07, 6.45) is 5.54. The monoisotopic (exact) mass is 449 g/mol. The van der Waals surface area contributed by atoms with Crippen LogP contribution in [0.4, 0.5) is 5.82 Å². The van der Waals surface area contributed by atoms with Gasteiger partial charge in [0, 0.05) is 11.4 Å². The summed E-state index contributed by atoms with van der Waals surface area (Å²) < 4.78 is 28.4. The molecule has 1 fully saturated rings. The Labute approximate surface area is 187 Å². The first-order valence-corrected chi connectivity index (χ1v) is 12.7. The Hall–Kier alpha value is -3.00. The summed E-state index contributed by atoms with van der Waals surface area (Å²) in [5, 5.41) is 12.6. The van der Waals surface area contributed by atoms with Crippen molar-refractivity contribution in [1.82, 2.24) is 19.8 Å². The molecule has 1 N–H and O–H groups in total. The molecule has 1 aliphatic carbocycles. The maximum absolute atomic E-state index is 13.4. The van der Waals surface area contributed by atoms with Gasteiger partial charge < -0.3 is 5.32 Å². The van der Waals surface area contributed by atoms with E-state index in [0.29, 0.717) is 17.8 Å². The van der Waals surface area contributed by atoms with Gasteiger partial charge in [-0.25, -0.2) is 13.4 Å². The van der Waals surface area contributed by atoms with Crippen LogP contribution < -0.4 is 5.32 Å². The second kappa shape index (κ2) is 8.16. The van der Waals surface area contributed by atoms with Crippen LogP contribution in [0.25, 0.3) is 16.6 Å². The summed E-state index contributed by atoms with van der Waals surface area (Å²) in [7, 11) is -3.86. The van der Waals surface area contributed by atoms with Gasteiger partial charge in [-0.3, -0.25) is 0 Å². The fourth-order valence-electron chi connectivity index (χ4n) is 4.55. The first-order chi connectivity index (χ1) is 15.5. The minimum atomic E-state index is -3.86. The van der Waals surface area contributed by atoms with Crippen molar-refractivity contribution in [3.05, 3.63) is 54.1 Å². The van der Waals surface area contributed by atoms with Crippen molar-refractivity contribution in [3.63, 3.8) is 0 Å². The minimum Gasteiger partial charge on any atom is -0.366 e. The number of anilines is 1. The van der Waals surface area contributed by atoms with Gasteiger partial charge in [-0.05, 0) is 55.0 Å². The van der Waals surface area contributed by atoms with E-state index in [1.165, 1.54) is 23.8 Å². The summed E-state index contributed by atoms with van der Waals surface area (Å²) in [5.74, 6) is 1.22. The van der Waals surface area contributed by atoms with Crippen molar-refractivity contribution in [2.45, 2.75) is 61.9 Å². The Bertz CT molecular complexity index is 1380. The van der Waals surface area contributed by atoms with Gasteiger partial charge in [0.05, 0.1) is 10.4 Å². The lowest BCUT2D eigenvalue weighted by Gasteiger charge is -2.30. The highest BCUT2D eigenvalue weighted by molar-refractivity contribution is 7.91. The number of aromatic nitrogens is 4. The van der Waals surface area contributed by atoms with Crippen molar-refractivity contribution >= 4 is 32.2 Å². The molecule has 166 valence electrons. The third-order valence-corrected chi connectivity index (χ3v) is 8.22. The summed E-state index contributed by atoms with van der Waals surface area (Å²) in [4.78, 5) is 4.96. The molecular formula is C24H27N5O2S. The number of fused-ring (bicyclic) bond motifs is 3. The average Bonchev–Trinajstić information content (AvgIpc) is 3.26. The lowest BCUT2D eigenvalue weighted by atomic mass is 9.86. The zero-order chi connectivity index (χ0) is 22.3. The number of rotatable bonds is 5. The highest BCUT2D eigenvalue weighted by atomic mass is 32.2. The molecule has 0 bridgehead atoms. The van der Waals surface area contributed by atoms with E-state index in [0.717, 1.165) is 29.3 Å². The average molecular weight is 450 g/mol. The van der Waals surface area contributed by atoms with Crippen LogP contribution in [0.2, 0.25) is 0 Å². The van der Waals surface area contributed by atoms with E-state index in [1.54, 1.807) is 12.1 Å². The van der Waals surface area contributed by atoms with E-state index in [2.05, 4.69) is 22.6 Å². The van der Waals surface area contributed by atoms with Gasteiger partial charge in [-0.15, -0.1) is 5.10 Å². The van der Waals surface area contributed by atoms with E-state index >= 15 is 0 Å². The molecule has 0 amide bonds. The second-order valence-electron chi connectivity index (χ2n) is 8.62. The van der Waals surface area contributed by atoms with Gasteiger partial charge >= 0.3 is 0 Å². The molecular weight excluding hydrogens is 422 g/mol. The molecule has 0 unspecified atom stereocenters. The van der Waals surface area contributed by atoms with Crippen LogP contribution in [0, 0.1) is 5.92 Å². The summed E-state index contributed by atoms with van der Waals surface area (Å²) >= 11 is 0. The molecule has 2 aromatic carbocycles. The maximum Gasteiger partial charge on any atom is 0.229 e. The fourth-order valence-corrected chi connectivity index (χ4v) is 5.79. The predicted octanol–water partition coefficient (Wildman–Crippen LogP) is 4.66. The second-order valence-corrected chi connectivity index (χ2v) is 10.5. The number of benzene rings is 2. The quantitative estimate of drug-likeness (QED) is 0.476. The molecule has 1 saturated carbocycles. The van der Waals surface area contributed by atoms with Crippen LogP contribution in [0.5, 0.6) is 0 Å². The molecule has 7 nitrogen and oxygen atoms in total. The van der Waals surface area contributed by atoms with Gasteiger partial charge in [-0.2, -0.15) is 4.52 Å². The molecule has 0 spiro atoms. The molecule has 0 aliphatic heterocycles. The molecule has 32 heavy (non-hydrogen) atoms. The maximum atomic E-state index is 13.4. The number of sulfone groups is 1. The zero-order valence-corrected chi connectivity index (χ0v) is 19.1. The Kier molecular flexibility index (Phi) is 5.33. The summed E-state index contributed by atoms with van der Waals surface area (Å²) in [6.45, 7) is 4.29. The standard InChI is InChI=1S/C24H27N5O2S/c1-3-17-12-14-18(15-13-17)32(30,31)24-23-26-22(25-20-10-6-4-8-16(20)2)19-9-5-7-11-21(19)29(23)28-27-24/h5,7,9,11-16,20H,3-4,6,8,10H2,1-2H3,(H,25,26)/t16-,20-/m0/s1. The van der Waals surface area contributed by atoms with Crippen molar-refractivity contribution in [2.75, 3.05) is 5.32 Å². The van der Waals surface area contributed by atoms with Crippen LogP contribution in [-0.2, 0) is 16.3 Å². The van der Waals surface area contributed by atoms with E-state index in [-0.39, 0.29) is 15.6 Å². The SMILES string of the molecule is CCc1ccc(S(=O)(=O)c2nnn3c2nc(N[C@H]2CCCC[C@@H]2C)c2ccccc23)cc1. The molecule has 2 heterocycles. The Morgan fingerprint density at radius 3 is 2.56 bits per heavy atom. The fraction of sp³-hybridized carbons (Fsp3) is 0.375. The first kappa shape index (κ1) is 20.9. The number of hydrogen-bond donors (Lipinski definition) is 1. The van der Waals surface area contributed by atoms with Crippen LogP contribution in [0.1, 0.15) is 45.1 Å². The van der Waals surface area contributed by atoms with Crippen molar-refractivity contribution < 1.29 is 8.42 Å². The van der Waals surface area contributed by atoms with E-state index < -0.39 is 9.84 Å². The van der Waals surface area contributed by atoms with Crippen LogP contribution in [0.3, 0.4) is 0 Å². The number of hydrogen-bond acceptors (Lipinski definition) is 6. The number of para-hydroxylation sites is 1.